The molecule has 27 heavy (non-hydrogen) atoms. The van der Waals surface area contributed by atoms with Crippen molar-refractivity contribution in [2.24, 2.45) is 0 Å². The lowest BCUT2D eigenvalue weighted by atomic mass is 10.2. The number of aromatic nitrogens is 2. The van der Waals surface area contributed by atoms with Crippen molar-refractivity contribution in [2.75, 3.05) is 0 Å². The van der Waals surface area contributed by atoms with Crippen LogP contribution in [0.1, 0.15) is 11.3 Å². The monoisotopic (exact) mass is 395 g/mol. The summed E-state index contributed by atoms with van der Waals surface area (Å²) < 4.78 is 46.0. The van der Waals surface area contributed by atoms with Crippen LogP contribution in [-0.4, -0.2) is 15.9 Å². The summed E-state index contributed by atoms with van der Waals surface area (Å²) in [6.07, 6.45) is -4.95. The zero-order valence-electron chi connectivity index (χ0n) is 13.7. The highest BCUT2D eigenvalue weighted by Crippen LogP contribution is 2.37. The molecule has 0 saturated carbocycles. The molecule has 0 saturated heterocycles. The summed E-state index contributed by atoms with van der Waals surface area (Å²) in [4.78, 5) is 11.9. The minimum absolute atomic E-state index is 0.117. The van der Waals surface area contributed by atoms with Crippen LogP contribution < -0.4 is 10.1 Å². The second kappa shape index (κ2) is 7.71. The lowest BCUT2D eigenvalue weighted by Gasteiger charge is -2.13. The lowest BCUT2D eigenvalue weighted by molar-refractivity contribution is -0.143. The smallest absolute Gasteiger partial charge is 0.406 e. The van der Waals surface area contributed by atoms with Gasteiger partial charge in [0.1, 0.15) is 0 Å². The number of alkyl halides is 3. The number of hydrogen-bond acceptors (Lipinski definition) is 3. The van der Waals surface area contributed by atoms with Crippen LogP contribution in [0.3, 0.4) is 0 Å². The van der Waals surface area contributed by atoms with Crippen LogP contribution in [-0.2, 0) is 12.7 Å². The Hall–Kier alpha value is -3.00. The molecule has 0 atom stereocenters. The van der Waals surface area contributed by atoms with E-state index in [1.165, 1.54) is 24.3 Å². The molecule has 140 valence electrons. The van der Waals surface area contributed by atoms with E-state index in [2.05, 4.69) is 10.4 Å². The number of carbonyl (C=O) groups is 1. The van der Waals surface area contributed by atoms with E-state index in [0.717, 1.165) is 11.8 Å². The van der Waals surface area contributed by atoms with Gasteiger partial charge < -0.3 is 10.1 Å². The van der Waals surface area contributed by atoms with Crippen molar-refractivity contribution in [3.8, 4) is 11.4 Å². The maximum Gasteiger partial charge on any atom is 0.437 e. The summed E-state index contributed by atoms with van der Waals surface area (Å²) in [5, 5.41) is 6.47. The Balaban J connectivity index is 1.81. The number of ether oxygens (including phenoxy) is 1. The van der Waals surface area contributed by atoms with Crippen LogP contribution in [0.5, 0.6) is 5.75 Å². The summed E-state index contributed by atoms with van der Waals surface area (Å²) >= 11 is 5.76. The first-order valence-corrected chi connectivity index (χ1v) is 8.13. The van der Waals surface area contributed by atoms with Crippen LogP contribution in [0.2, 0.25) is 5.02 Å². The van der Waals surface area contributed by atoms with E-state index < -0.39 is 23.7 Å². The number of hydrogen-bond donors (Lipinski definition) is 1. The maximum atomic E-state index is 13.5. The molecule has 3 rings (SSSR count). The highest BCUT2D eigenvalue weighted by molar-refractivity contribution is 6.30. The van der Waals surface area contributed by atoms with Crippen LogP contribution in [0.15, 0.2) is 60.8 Å². The first-order chi connectivity index (χ1) is 12.8. The summed E-state index contributed by atoms with van der Waals surface area (Å²) in [5.41, 5.74) is -0.284. The molecule has 2 aromatic carbocycles. The Labute approximate surface area is 157 Å². The van der Waals surface area contributed by atoms with Crippen molar-refractivity contribution in [1.29, 1.82) is 0 Å². The lowest BCUT2D eigenvalue weighted by Crippen LogP contribution is -2.27. The summed E-state index contributed by atoms with van der Waals surface area (Å²) in [6, 6.07) is 14.5. The Bertz CT molecular complexity index is 925. The van der Waals surface area contributed by atoms with Gasteiger partial charge in [0.2, 0.25) is 0 Å². The van der Waals surface area contributed by atoms with E-state index in [0.29, 0.717) is 9.70 Å². The average Bonchev–Trinajstić information content (AvgIpc) is 3.05. The van der Waals surface area contributed by atoms with Crippen LogP contribution >= 0.6 is 11.6 Å². The van der Waals surface area contributed by atoms with E-state index in [-0.39, 0.29) is 12.2 Å². The van der Waals surface area contributed by atoms with Gasteiger partial charge in [-0.2, -0.15) is 18.3 Å². The second-order valence-electron chi connectivity index (χ2n) is 5.47. The minimum atomic E-state index is -4.79. The Morgan fingerprint density at radius 1 is 1.11 bits per heavy atom. The van der Waals surface area contributed by atoms with E-state index >= 15 is 0 Å². The first kappa shape index (κ1) is 18.8. The Morgan fingerprint density at radius 3 is 2.41 bits per heavy atom. The fourth-order valence-electron chi connectivity index (χ4n) is 2.35. The fourth-order valence-corrected chi connectivity index (χ4v) is 2.48. The number of halogens is 4. The summed E-state index contributed by atoms with van der Waals surface area (Å²) in [6.45, 7) is 0.117. The second-order valence-corrected chi connectivity index (χ2v) is 5.91. The molecule has 0 aliphatic carbocycles. The zero-order valence-corrected chi connectivity index (χ0v) is 14.5. The number of amides is 1. The molecule has 0 aliphatic rings. The van der Waals surface area contributed by atoms with Gasteiger partial charge in [-0.05, 0) is 29.8 Å². The van der Waals surface area contributed by atoms with Gasteiger partial charge in [0.15, 0.2) is 11.4 Å². The topological polar surface area (TPSA) is 56.1 Å². The third-order valence-corrected chi connectivity index (χ3v) is 3.81. The summed E-state index contributed by atoms with van der Waals surface area (Å²) in [7, 11) is 0. The zero-order chi connectivity index (χ0) is 19.4. The molecule has 0 unspecified atom stereocenters. The van der Waals surface area contributed by atoms with E-state index in [9.17, 15) is 18.0 Å². The quantitative estimate of drug-likeness (QED) is 0.688. The molecule has 1 amide bonds. The van der Waals surface area contributed by atoms with Gasteiger partial charge in [0, 0.05) is 11.6 Å². The Kier molecular flexibility index (Phi) is 5.36. The molecule has 0 aliphatic heterocycles. The molecule has 3 aromatic rings. The van der Waals surface area contributed by atoms with Crippen LogP contribution in [0.25, 0.3) is 5.69 Å². The molecular weight excluding hydrogens is 383 g/mol. The van der Waals surface area contributed by atoms with E-state index in [1.54, 1.807) is 24.3 Å². The largest absolute Gasteiger partial charge is 0.437 e. The molecule has 1 aromatic heterocycles. The highest BCUT2D eigenvalue weighted by atomic mass is 35.5. The van der Waals surface area contributed by atoms with Crippen LogP contribution in [0, 0.1) is 0 Å². The van der Waals surface area contributed by atoms with Gasteiger partial charge in [-0.3, -0.25) is 0 Å². The molecule has 5 nitrogen and oxygen atoms in total. The number of benzene rings is 2. The van der Waals surface area contributed by atoms with Crippen molar-refractivity contribution in [3.05, 3.63) is 77.1 Å². The normalized spacial score (nSPS) is 11.3. The van der Waals surface area contributed by atoms with Gasteiger partial charge >= 0.3 is 12.3 Å². The third kappa shape index (κ3) is 4.59. The molecule has 1 N–H and O–H groups in total. The molecule has 9 heteroatoms. The number of nitrogens with one attached hydrogen (secondary N) is 1. The standard InChI is InChI=1S/C18H13ClF3N3O2/c19-13-6-8-14(9-7-13)25-16(18(20,21)22)15(11-24-25)27-17(26)23-10-12-4-2-1-3-5-12/h1-9,11H,10H2,(H,23,26). The number of nitrogens with zero attached hydrogens (tertiary/aromatic N) is 2. The maximum absolute atomic E-state index is 13.5. The third-order valence-electron chi connectivity index (χ3n) is 3.56. The number of rotatable bonds is 4. The van der Waals surface area contributed by atoms with Gasteiger partial charge in [-0.25, -0.2) is 9.48 Å². The van der Waals surface area contributed by atoms with Crippen molar-refractivity contribution in [2.45, 2.75) is 12.7 Å². The van der Waals surface area contributed by atoms with Gasteiger partial charge in [-0.15, -0.1) is 0 Å². The SMILES string of the molecule is O=C(NCc1ccccc1)Oc1cnn(-c2ccc(Cl)cc2)c1C(F)(F)F. The van der Waals surface area contributed by atoms with Gasteiger partial charge in [0.25, 0.3) is 0 Å². The minimum Gasteiger partial charge on any atom is -0.406 e. The molecule has 0 fully saturated rings. The first-order valence-electron chi connectivity index (χ1n) is 7.75. The fraction of sp³-hybridized carbons (Fsp3) is 0.111. The molecule has 0 bridgehead atoms. The molecule has 0 radical (unpaired) electrons. The van der Waals surface area contributed by atoms with Gasteiger partial charge in [0.05, 0.1) is 11.9 Å². The molecule has 0 spiro atoms. The van der Waals surface area contributed by atoms with Crippen molar-refractivity contribution < 1.29 is 22.7 Å². The van der Waals surface area contributed by atoms with E-state index in [1.807, 2.05) is 6.07 Å². The predicted octanol–water partition coefficient (Wildman–Crippen LogP) is 4.83. The highest BCUT2D eigenvalue weighted by Gasteiger charge is 2.40. The Morgan fingerprint density at radius 2 is 1.78 bits per heavy atom. The van der Waals surface area contributed by atoms with E-state index in [4.69, 9.17) is 16.3 Å². The average molecular weight is 396 g/mol. The van der Waals surface area contributed by atoms with Crippen molar-refractivity contribution in [1.82, 2.24) is 15.1 Å². The van der Waals surface area contributed by atoms with Crippen molar-refractivity contribution in [3.63, 3.8) is 0 Å². The number of carbonyl (C=O) groups excluding carboxylic acids is 1. The predicted molar refractivity (Wildman–Crippen MR) is 92.9 cm³/mol. The summed E-state index contributed by atoms with van der Waals surface area (Å²) in [5.74, 6) is -0.692. The molecule has 1 heterocycles. The van der Waals surface area contributed by atoms with Crippen molar-refractivity contribution >= 4 is 17.7 Å². The molecular formula is C18H13ClF3N3O2. The van der Waals surface area contributed by atoms with Crippen LogP contribution in [0.4, 0.5) is 18.0 Å². The van der Waals surface area contributed by atoms with Gasteiger partial charge in [-0.1, -0.05) is 41.9 Å².